The van der Waals surface area contributed by atoms with Crippen molar-refractivity contribution >= 4 is 11.8 Å². The van der Waals surface area contributed by atoms with E-state index in [9.17, 15) is 4.79 Å². The maximum atomic E-state index is 11.9. The topological polar surface area (TPSA) is 66.5 Å². The third kappa shape index (κ3) is 5.10. The van der Waals surface area contributed by atoms with Crippen LogP contribution in [-0.2, 0) is 11.3 Å². The fourth-order valence-electron chi connectivity index (χ4n) is 2.79. The molecule has 0 bridgehead atoms. The zero-order chi connectivity index (χ0) is 16.7. The summed E-state index contributed by atoms with van der Waals surface area (Å²) in [6.07, 6.45) is 4.04. The smallest absolute Gasteiger partial charge is 0.315 e. The van der Waals surface area contributed by atoms with Crippen molar-refractivity contribution in [3.63, 3.8) is 0 Å². The summed E-state index contributed by atoms with van der Waals surface area (Å²) in [5.74, 6) is 0.968. The Morgan fingerprint density at radius 3 is 2.78 bits per heavy atom. The normalized spacial score (nSPS) is 18.5. The molecule has 1 aromatic heterocycles. The van der Waals surface area contributed by atoms with Gasteiger partial charge in [0, 0.05) is 32.4 Å². The van der Waals surface area contributed by atoms with Crippen LogP contribution in [0.4, 0.5) is 10.6 Å². The average molecular weight is 320 g/mol. The maximum absolute atomic E-state index is 11.9. The standard InChI is InChI=1S/C17H28N4O2/c1-4-21(5-2)16-9-8-14(11-18-16)12-19-17(22)20-13(3)15-7-6-10-23-15/h8-9,11,13,15H,4-7,10,12H2,1-3H3,(H2,19,20,22)/t13-,15+/m0/s1. The summed E-state index contributed by atoms with van der Waals surface area (Å²) >= 11 is 0. The Morgan fingerprint density at radius 2 is 2.22 bits per heavy atom. The molecule has 6 nitrogen and oxygen atoms in total. The highest BCUT2D eigenvalue weighted by atomic mass is 16.5. The van der Waals surface area contributed by atoms with Gasteiger partial charge in [0.05, 0.1) is 12.1 Å². The van der Waals surface area contributed by atoms with Gasteiger partial charge in [-0.25, -0.2) is 9.78 Å². The van der Waals surface area contributed by atoms with Gasteiger partial charge in [-0.05, 0) is 45.2 Å². The number of amides is 2. The molecule has 1 saturated heterocycles. The quantitative estimate of drug-likeness (QED) is 0.809. The summed E-state index contributed by atoms with van der Waals surface area (Å²) in [6.45, 7) is 9.34. The molecule has 0 radical (unpaired) electrons. The van der Waals surface area contributed by atoms with E-state index < -0.39 is 0 Å². The number of ether oxygens (including phenoxy) is 1. The molecule has 1 aliphatic heterocycles. The van der Waals surface area contributed by atoms with E-state index in [1.165, 1.54) is 0 Å². The van der Waals surface area contributed by atoms with Crippen LogP contribution in [0.25, 0.3) is 0 Å². The zero-order valence-electron chi connectivity index (χ0n) is 14.3. The molecule has 0 saturated carbocycles. The second kappa shape index (κ2) is 8.72. The van der Waals surface area contributed by atoms with E-state index in [1.807, 2.05) is 25.3 Å². The average Bonchev–Trinajstić information content (AvgIpc) is 3.10. The van der Waals surface area contributed by atoms with Gasteiger partial charge in [0.15, 0.2) is 0 Å². The third-order valence-electron chi connectivity index (χ3n) is 4.23. The number of rotatable bonds is 7. The number of pyridine rings is 1. The molecule has 1 aromatic rings. The molecule has 0 unspecified atom stereocenters. The molecule has 0 aromatic carbocycles. The Balaban J connectivity index is 1.77. The fraction of sp³-hybridized carbons (Fsp3) is 0.647. The molecule has 6 heteroatoms. The number of anilines is 1. The predicted octanol–water partition coefficient (Wildman–Crippen LogP) is 2.29. The van der Waals surface area contributed by atoms with Crippen molar-refractivity contribution in [2.75, 3.05) is 24.6 Å². The largest absolute Gasteiger partial charge is 0.376 e. The molecule has 2 heterocycles. The second-order valence-electron chi connectivity index (χ2n) is 5.86. The molecule has 128 valence electrons. The molecule has 1 fully saturated rings. The Bertz CT molecular complexity index is 482. The minimum atomic E-state index is -0.166. The molecule has 0 aliphatic carbocycles. The molecule has 0 spiro atoms. The molecular weight excluding hydrogens is 292 g/mol. The zero-order valence-corrected chi connectivity index (χ0v) is 14.3. The molecular formula is C17H28N4O2. The Morgan fingerprint density at radius 1 is 1.43 bits per heavy atom. The molecule has 1 aliphatic rings. The maximum Gasteiger partial charge on any atom is 0.315 e. The van der Waals surface area contributed by atoms with Gasteiger partial charge in [-0.15, -0.1) is 0 Å². The van der Waals surface area contributed by atoms with Crippen molar-refractivity contribution in [1.82, 2.24) is 15.6 Å². The summed E-state index contributed by atoms with van der Waals surface area (Å²) in [5.41, 5.74) is 0.987. The second-order valence-corrected chi connectivity index (χ2v) is 5.86. The Hall–Kier alpha value is -1.82. The summed E-state index contributed by atoms with van der Waals surface area (Å²) in [6, 6.07) is 3.86. The van der Waals surface area contributed by atoms with Crippen LogP contribution in [0.15, 0.2) is 18.3 Å². The first-order chi connectivity index (χ1) is 11.1. The van der Waals surface area contributed by atoms with Gasteiger partial charge in [-0.3, -0.25) is 0 Å². The van der Waals surface area contributed by atoms with Gasteiger partial charge in [-0.2, -0.15) is 0 Å². The van der Waals surface area contributed by atoms with Crippen molar-refractivity contribution in [3.8, 4) is 0 Å². The fourth-order valence-corrected chi connectivity index (χ4v) is 2.79. The molecule has 2 atom stereocenters. The minimum absolute atomic E-state index is 0.0284. The van der Waals surface area contributed by atoms with E-state index in [0.29, 0.717) is 6.54 Å². The van der Waals surface area contributed by atoms with E-state index in [1.54, 1.807) is 0 Å². The Kier molecular flexibility index (Phi) is 6.65. The lowest BCUT2D eigenvalue weighted by molar-refractivity contribution is 0.0860. The summed E-state index contributed by atoms with van der Waals surface area (Å²) in [5, 5.41) is 5.81. The first-order valence-electron chi connectivity index (χ1n) is 8.49. The van der Waals surface area contributed by atoms with E-state index in [0.717, 1.165) is 43.9 Å². The number of hydrogen-bond donors (Lipinski definition) is 2. The van der Waals surface area contributed by atoms with Crippen LogP contribution in [-0.4, -0.2) is 42.9 Å². The predicted molar refractivity (Wildman–Crippen MR) is 91.6 cm³/mol. The van der Waals surface area contributed by atoms with Crippen molar-refractivity contribution in [1.29, 1.82) is 0 Å². The van der Waals surface area contributed by atoms with Crippen molar-refractivity contribution in [3.05, 3.63) is 23.9 Å². The molecule has 23 heavy (non-hydrogen) atoms. The van der Waals surface area contributed by atoms with Crippen LogP contribution in [0.3, 0.4) is 0 Å². The van der Waals surface area contributed by atoms with Crippen LogP contribution < -0.4 is 15.5 Å². The van der Waals surface area contributed by atoms with Crippen molar-refractivity contribution in [2.45, 2.75) is 52.3 Å². The number of hydrogen-bond acceptors (Lipinski definition) is 4. The van der Waals surface area contributed by atoms with Crippen LogP contribution in [0.1, 0.15) is 39.2 Å². The first kappa shape index (κ1) is 17.5. The number of nitrogens with one attached hydrogen (secondary N) is 2. The van der Waals surface area contributed by atoms with Crippen molar-refractivity contribution in [2.24, 2.45) is 0 Å². The lowest BCUT2D eigenvalue weighted by atomic mass is 10.1. The molecule has 2 amide bonds. The summed E-state index contributed by atoms with van der Waals surface area (Å²) < 4.78 is 5.58. The third-order valence-corrected chi connectivity index (χ3v) is 4.23. The van der Waals surface area contributed by atoms with Gasteiger partial charge in [0.25, 0.3) is 0 Å². The number of nitrogens with zero attached hydrogens (tertiary/aromatic N) is 2. The van der Waals surface area contributed by atoms with Crippen molar-refractivity contribution < 1.29 is 9.53 Å². The molecule has 2 N–H and O–H groups in total. The number of carbonyl (C=O) groups excluding carboxylic acids is 1. The van der Waals surface area contributed by atoms with E-state index in [2.05, 4.69) is 34.4 Å². The number of urea groups is 1. The van der Waals surface area contributed by atoms with Crippen LogP contribution in [0.2, 0.25) is 0 Å². The molecule has 2 rings (SSSR count). The lowest BCUT2D eigenvalue weighted by Crippen LogP contribution is -2.45. The Labute approximate surface area is 138 Å². The number of aromatic nitrogens is 1. The van der Waals surface area contributed by atoms with Crippen LogP contribution >= 0.6 is 0 Å². The monoisotopic (exact) mass is 320 g/mol. The van der Waals surface area contributed by atoms with Gasteiger partial charge in [0.2, 0.25) is 0 Å². The SMILES string of the molecule is CCN(CC)c1ccc(CNC(=O)N[C@@H](C)[C@H]2CCCO2)cn1. The van der Waals surface area contributed by atoms with Crippen LogP contribution in [0, 0.1) is 0 Å². The van der Waals surface area contributed by atoms with Gasteiger partial charge in [0.1, 0.15) is 5.82 Å². The van der Waals surface area contributed by atoms with E-state index >= 15 is 0 Å². The van der Waals surface area contributed by atoms with Gasteiger partial charge >= 0.3 is 6.03 Å². The van der Waals surface area contributed by atoms with Gasteiger partial charge < -0.3 is 20.3 Å². The highest BCUT2D eigenvalue weighted by Crippen LogP contribution is 2.15. The van der Waals surface area contributed by atoms with Crippen LogP contribution in [0.5, 0.6) is 0 Å². The summed E-state index contributed by atoms with van der Waals surface area (Å²) in [7, 11) is 0. The summed E-state index contributed by atoms with van der Waals surface area (Å²) in [4.78, 5) is 18.6. The number of carbonyl (C=O) groups is 1. The lowest BCUT2D eigenvalue weighted by Gasteiger charge is -2.21. The van der Waals surface area contributed by atoms with E-state index in [4.69, 9.17) is 4.74 Å². The van der Waals surface area contributed by atoms with E-state index in [-0.39, 0.29) is 18.2 Å². The minimum Gasteiger partial charge on any atom is -0.376 e. The highest BCUT2D eigenvalue weighted by Gasteiger charge is 2.23. The highest BCUT2D eigenvalue weighted by molar-refractivity contribution is 5.74. The van der Waals surface area contributed by atoms with Gasteiger partial charge in [-0.1, -0.05) is 6.07 Å². The first-order valence-corrected chi connectivity index (χ1v) is 8.49.